The molecule has 0 spiro atoms. The first-order valence-electron chi connectivity index (χ1n) is 9.03. The van der Waals surface area contributed by atoms with Crippen molar-refractivity contribution < 1.29 is 14.7 Å². The van der Waals surface area contributed by atoms with Gasteiger partial charge in [-0.3, -0.25) is 14.4 Å². The van der Waals surface area contributed by atoms with Gasteiger partial charge in [-0.05, 0) is 56.5 Å². The molecule has 1 aliphatic heterocycles. The molecule has 1 aliphatic rings. The van der Waals surface area contributed by atoms with Gasteiger partial charge in [0.15, 0.2) is 0 Å². The maximum atomic E-state index is 12.9. The Labute approximate surface area is 171 Å². The van der Waals surface area contributed by atoms with Crippen LogP contribution >= 0.6 is 15.9 Å². The van der Waals surface area contributed by atoms with E-state index in [1.165, 1.54) is 10.6 Å². The van der Waals surface area contributed by atoms with Crippen molar-refractivity contribution in [3.63, 3.8) is 0 Å². The van der Waals surface area contributed by atoms with Crippen LogP contribution in [0.2, 0.25) is 0 Å². The zero-order valence-corrected chi connectivity index (χ0v) is 17.3. The summed E-state index contributed by atoms with van der Waals surface area (Å²) >= 11 is 3.46. The fourth-order valence-corrected chi connectivity index (χ4v) is 3.61. The first-order valence-corrected chi connectivity index (χ1v) is 9.83. The lowest BCUT2D eigenvalue weighted by molar-refractivity contribution is -0.128. The third kappa shape index (κ3) is 4.27. The van der Waals surface area contributed by atoms with Crippen molar-refractivity contribution in [2.24, 2.45) is 0 Å². The summed E-state index contributed by atoms with van der Waals surface area (Å²) in [4.78, 5) is 39.0. The highest BCUT2D eigenvalue weighted by Crippen LogP contribution is 2.26. The van der Waals surface area contributed by atoms with Crippen molar-refractivity contribution in [1.29, 1.82) is 0 Å². The summed E-state index contributed by atoms with van der Waals surface area (Å²) < 4.78 is 2.23. The number of anilines is 1. The molecular formula is C20H22BrN3O4. The van der Waals surface area contributed by atoms with E-state index in [0.29, 0.717) is 18.7 Å². The molecule has 7 nitrogen and oxygen atoms in total. The second-order valence-electron chi connectivity index (χ2n) is 6.96. The fraction of sp³-hybridized carbons (Fsp3) is 0.350. The van der Waals surface area contributed by atoms with Gasteiger partial charge in [0, 0.05) is 28.5 Å². The van der Waals surface area contributed by atoms with Crippen LogP contribution in [0, 0.1) is 13.8 Å². The summed E-state index contributed by atoms with van der Waals surface area (Å²) in [6, 6.07) is 7.56. The van der Waals surface area contributed by atoms with Crippen molar-refractivity contribution in [3.8, 4) is 5.75 Å². The number of piperidine rings is 1. The molecule has 8 heteroatoms. The topological polar surface area (TPSA) is 91.6 Å². The average Bonchev–Trinajstić information content (AvgIpc) is 2.62. The van der Waals surface area contributed by atoms with E-state index >= 15 is 0 Å². The summed E-state index contributed by atoms with van der Waals surface area (Å²) in [6.45, 7) is 3.99. The molecule has 28 heavy (non-hydrogen) atoms. The van der Waals surface area contributed by atoms with E-state index in [0.717, 1.165) is 28.2 Å². The first kappa shape index (κ1) is 20.1. The van der Waals surface area contributed by atoms with E-state index in [1.807, 2.05) is 25.1 Å². The van der Waals surface area contributed by atoms with Gasteiger partial charge in [0.25, 0.3) is 5.56 Å². The smallest absolute Gasteiger partial charge is 0.254 e. The van der Waals surface area contributed by atoms with E-state index in [1.54, 1.807) is 11.8 Å². The van der Waals surface area contributed by atoms with Gasteiger partial charge in [-0.2, -0.15) is 0 Å². The molecule has 0 bridgehead atoms. The van der Waals surface area contributed by atoms with E-state index in [9.17, 15) is 19.5 Å². The Kier molecular flexibility index (Phi) is 5.88. The van der Waals surface area contributed by atoms with Crippen molar-refractivity contribution in [1.82, 2.24) is 9.88 Å². The van der Waals surface area contributed by atoms with Crippen molar-refractivity contribution in [2.45, 2.75) is 39.3 Å². The quantitative estimate of drug-likeness (QED) is 0.751. The van der Waals surface area contributed by atoms with Crippen molar-refractivity contribution >= 4 is 33.4 Å². The third-order valence-corrected chi connectivity index (χ3v) is 5.74. The minimum atomic E-state index is -0.627. The minimum absolute atomic E-state index is 0.137. The van der Waals surface area contributed by atoms with Crippen LogP contribution in [0.5, 0.6) is 5.75 Å². The van der Waals surface area contributed by atoms with Gasteiger partial charge in [0.05, 0.1) is 0 Å². The fourth-order valence-electron chi connectivity index (χ4n) is 3.36. The molecule has 1 aromatic heterocycles. The van der Waals surface area contributed by atoms with Gasteiger partial charge in [0.1, 0.15) is 18.3 Å². The predicted octanol–water partition coefficient (Wildman–Crippen LogP) is 2.25. The van der Waals surface area contributed by atoms with Crippen LogP contribution in [0.3, 0.4) is 0 Å². The number of halogens is 1. The number of hydrogen-bond donors (Lipinski definition) is 2. The average molecular weight is 448 g/mol. The Morgan fingerprint density at radius 1 is 1.25 bits per heavy atom. The predicted molar refractivity (Wildman–Crippen MR) is 110 cm³/mol. The van der Waals surface area contributed by atoms with E-state index in [2.05, 4.69) is 21.2 Å². The molecule has 1 saturated heterocycles. The van der Waals surface area contributed by atoms with Crippen LogP contribution in [0.15, 0.2) is 39.6 Å². The summed E-state index contributed by atoms with van der Waals surface area (Å²) in [5.74, 6) is -0.707. The van der Waals surface area contributed by atoms with Crippen LogP contribution in [0.4, 0.5) is 5.69 Å². The molecule has 0 saturated carbocycles. The third-order valence-electron chi connectivity index (χ3n) is 4.85. The Morgan fingerprint density at radius 2 is 2.00 bits per heavy atom. The minimum Gasteiger partial charge on any atom is -0.508 e. The zero-order valence-electron chi connectivity index (χ0n) is 15.7. The van der Waals surface area contributed by atoms with Crippen molar-refractivity contribution in [2.75, 3.05) is 11.4 Å². The maximum Gasteiger partial charge on any atom is 0.254 e. The van der Waals surface area contributed by atoms with Gasteiger partial charge in [-0.15, -0.1) is 0 Å². The highest BCUT2D eigenvalue weighted by molar-refractivity contribution is 9.10. The molecule has 1 fully saturated rings. The Hall–Kier alpha value is -2.61. The number of pyridine rings is 1. The number of rotatable bonds is 4. The Balaban J connectivity index is 1.72. The molecule has 1 aromatic carbocycles. The SMILES string of the molecule is Cc1cc(N2CCCC(NC(=O)Cn3c(C)cc(O)cc3=O)C2=O)ccc1Br. The number of hydrogen-bond acceptors (Lipinski definition) is 4. The van der Waals surface area contributed by atoms with Crippen molar-refractivity contribution in [3.05, 3.63) is 56.4 Å². The number of nitrogens with zero attached hydrogens (tertiary/aromatic N) is 2. The second kappa shape index (κ2) is 8.18. The van der Waals surface area contributed by atoms with Gasteiger partial charge in [-0.1, -0.05) is 15.9 Å². The summed E-state index contributed by atoms with van der Waals surface area (Å²) in [5.41, 5.74) is 1.84. The number of carbonyl (C=O) groups excluding carboxylic acids is 2. The van der Waals surface area contributed by atoms with Gasteiger partial charge in [0.2, 0.25) is 11.8 Å². The van der Waals surface area contributed by atoms with Crippen LogP contribution in [0.1, 0.15) is 24.1 Å². The van der Waals surface area contributed by atoms with E-state index in [4.69, 9.17) is 0 Å². The van der Waals surface area contributed by atoms with Gasteiger partial charge >= 0.3 is 0 Å². The number of aromatic hydroxyl groups is 1. The molecule has 0 aliphatic carbocycles. The standard InChI is InChI=1S/C20H22BrN3O4/c1-12-8-14(5-6-16(12)21)23-7-3-4-17(20(23)28)22-18(26)11-24-13(2)9-15(25)10-19(24)27/h5-6,8-10,17,25H,3-4,7,11H2,1-2H3,(H,22,26). The number of benzene rings is 1. The van der Waals surface area contributed by atoms with Gasteiger partial charge < -0.3 is 19.9 Å². The molecule has 2 N–H and O–H groups in total. The number of carbonyl (C=O) groups is 2. The molecule has 3 rings (SSSR count). The first-order chi connectivity index (χ1) is 13.3. The number of aryl methyl sites for hydroxylation is 2. The molecule has 2 aromatic rings. The van der Waals surface area contributed by atoms with Gasteiger partial charge in [-0.25, -0.2) is 0 Å². The zero-order chi connectivity index (χ0) is 20.4. The van der Waals surface area contributed by atoms with Crippen LogP contribution < -0.4 is 15.8 Å². The van der Waals surface area contributed by atoms with Crippen LogP contribution in [0.25, 0.3) is 0 Å². The summed E-state index contributed by atoms with van der Waals surface area (Å²) in [6.07, 6.45) is 1.32. The number of nitrogens with one attached hydrogen (secondary N) is 1. The molecule has 2 amide bonds. The number of amides is 2. The van der Waals surface area contributed by atoms with Crippen LogP contribution in [-0.4, -0.2) is 34.1 Å². The lowest BCUT2D eigenvalue weighted by Gasteiger charge is -2.33. The monoisotopic (exact) mass is 447 g/mol. The van der Waals surface area contributed by atoms with E-state index < -0.39 is 17.5 Å². The van der Waals surface area contributed by atoms with Crippen LogP contribution in [-0.2, 0) is 16.1 Å². The largest absolute Gasteiger partial charge is 0.508 e. The molecule has 148 valence electrons. The molecule has 1 unspecified atom stereocenters. The molecule has 1 atom stereocenters. The highest BCUT2D eigenvalue weighted by atomic mass is 79.9. The lowest BCUT2D eigenvalue weighted by atomic mass is 10.0. The number of aromatic nitrogens is 1. The maximum absolute atomic E-state index is 12.9. The highest BCUT2D eigenvalue weighted by Gasteiger charge is 2.31. The molecule has 2 heterocycles. The summed E-state index contributed by atoms with van der Waals surface area (Å²) in [5, 5.41) is 12.2. The Morgan fingerprint density at radius 3 is 2.68 bits per heavy atom. The lowest BCUT2D eigenvalue weighted by Crippen LogP contribution is -2.53. The Bertz CT molecular complexity index is 986. The normalized spacial score (nSPS) is 16.9. The van der Waals surface area contributed by atoms with E-state index in [-0.39, 0.29) is 18.2 Å². The molecular weight excluding hydrogens is 426 g/mol. The molecule has 0 radical (unpaired) electrons. The second-order valence-corrected chi connectivity index (χ2v) is 7.82. The summed E-state index contributed by atoms with van der Waals surface area (Å²) in [7, 11) is 0.